The molecule has 0 atom stereocenters. The van der Waals surface area contributed by atoms with E-state index in [1.54, 1.807) is 12.1 Å². The first-order valence-electron chi connectivity index (χ1n) is 5.59. The lowest BCUT2D eigenvalue weighted by atomic mass is 10.2. The number of carboxylic acids is 1. The average Bonchev–Trinajstić information content (AvgIpc) is 2.88. The van der Waals surface area contributed by atoms with Crippen LogP contribution in [0.5, 0.6) is 5.75 Å². The van der Waals surface area contributed by atoms with Gasteiger partial charge in [-0.1, -0.05) is 0 Å². The van der Waals surface area contributed by atoms with Gasteiger partial charge in [-0.15, -0.1) is 0 Å². The van der Waals surface area contributed by atoms with Crippen LogP contribution in [0.25, 0.3) is 0 Å². The van der Waals surface area contributed by atoms with Gasteiger partial charge in [0.25, 0.3) is 0 Å². The van der Waals surface area contributed by atoms with Crippen LogP contribution in [0.3, 0.4) is 0 Å². The number of aromatic carboxylic acids is 1. The van der Waals surface area contributed by atoms with E-state index < -0.39 is 5.97 Å². The number of rotatable bonds is 6. The van der Waals surface area contributed by atoms with Gasteiger partial charge in [0, 0.05) is 12.4 Å². The lowest BCUT2D eigenvalue weighted by Gasteiger charge is -2.09. The monoisotopic (exact) mass is 246 g/mol. The van der Waals surface area contributed by atoms with Crippen molar-refractivity contribution in [2.24, 2.45) is 0 Å². The van der Waals surface area contributed by atoms with Crippen LogP contribution in [-0.2, 0) is 0 Å². The third kappa shape index (κ3) is 3.28. The molecule has 1 aromatic heterocycles. The van der Waals surface area contributed by atoms with Crippen molar-refractivity contribution in [3.8, 4) is 5.75 Å². The molecule has 5 heteroatoms. The minimum Gasteiger partial charge on any atom is -0.492 e. The zero-order chi connectivity index (χ0) is 12.8. The number of nitrogens with one attached hydrogen (secondary N) is 1. The smallest absolute Gasteiger partial charge is 0.335 e. The van der Waals surface area contributed by atoms with Crippen LogP contribution in [0.15, 0.2) is 48.8 Å². The van der Waals surface area contributed by atoms with Crippen molar-refractivity contribution in [3.05, 3.63) is 54.4 Å². The van der Waals surface area contributed by atoms with Crippen molar-refractivity contribution in [1.29, 1.82) is 0 Å². The molecule has 2 aromatic rings. The maximum Gasteiger partial charge on any atom is 0.335 e. The number of carbonyl (C=O) groups is 1. The Bertz CT molecular complexity index is 491. The number of ether oxygens (including phenoxy) is 1. The first-order valence-corrected chi connectivity index (χ1v) is 5.59. The number of benzene rings is 1. The van der Waals surface area contributed by atoms with Gasteiger partial charge >= 0.3 is 5.97 Å². The minimum absolute atomic E-state index is 0.257. The molecule has 0 unspecified atom stereocenters. The lowest BCUT2D eigenvalue weighted by molar-refractivity contribution is 0.0697. The molecule has 2 N–H and O–H groups in total. The molecule has 1 heterocycles. The second-order valence-corrected chi connectivity index (χ2v) is 3.68. The summed E-state index contributed by atoms with van der Waals surface area (Å²) in [7, 11) is 0. The Balaban J connectivity index is 1.75. The molecule has 0 amide bonds. The molecular formula is C13H14N2O3. The molecule has 0 aliphatic carbocycles. The first kappa shape index (κ1) is 12.0. The normalized spacial score (nSPS) is 10.0. The van der Waals surface area contributed by atoms with Gasteiger partial charge in [-0.25, -0.2) is 4.79 Å². The van der Waals surface area contributed by atoms with E-state index in [9.17, 15) is 4.79 Å². The molecule has 0 radical (unpaired) electrons. The van der Waals surface area contributed by atoms with Crippen molar-refractivity contribution in [2.45, 2.75) is 0 Å². The highest BCUT2D eigenvalue weighted by Crippen LogP contribution is 2.11. The van der Waals surface area contributed by atoms with Crippen molar-refractivity contribution in [2.75, 3.05) is 18.6 Å². The zero-order valence-electron chi connectivity index (χ0n) is 9.74. The fourth-order valence-electron chi connectivity index (χ4n) is 1.48. The third-order valence-corrected chi connectivity index (χ3v) is 2.37. The van der Waals surface area contributed by atoms with Crippen LogP contribution in [0, 0.1) is 0 Å². The van der Waals surface area contributed by atoms with Gasteiger partial charge < -0.3 is 15.3 Å². The maximum atomic E-state index is 10.7. The molecule has 0 saturated carbocycles. The van der Waals surface area contributed by atoms with Gasteiger partial charge in [-0.2, -0.15) is 0 Å². The summed E-state index contributed by atoms with van der Waals surface area (Å²) in [5.41, 5.74) is 3.38. The van der Waals surface area contributed by atoms with Gasteiger partial charge in [-0.3, -0.25) is 4.68 Å². The fraction of sp³-hybridized carbons (Fsp3) is 0.154. The van der Waals surface area contributed by atoms with Crippen LogP contribution in [0.2, 0.25) is 0 Å². The quantitative estimate of drug-likeness (QED) is 0.763. The molecule has 0 bridgehead atoms. The molecule has 0 aliphatic heterocycles. The molecule has 2 rings (SSSR count). The number of hydrogen-bond acceptors (Lipinski definition) is 3. The highest BCUT2D eigenvalue weighted by Gasteiger charge is 2.01. The van der Waals surface area contributed by atoms with E-state index in [4.69, 9.17) is 9.84 Å². The average molecular weight is 246 g/mol. The lowest BCUT2D eigenvalue weighted by Crippen LogP contribution is -2.19. The summed E-state index contributed by atoms with van der Waals surface area (Å²) >= 11 is 0. The van der Waals surface area contributed by atoms with Crippen molar-refractivity contribution in [1.82, 2.24) is 4.68 Å². The van der Waals surface area contributed by atoms with E-state index in [0.717, 1.165) is 0 Å². The van der Waals surface area contributed by atoms with Gasteiger partial charge in [0.15, 0.2) is 0 Å². The second-order valence-electron chi connectivity index (χ2n) is 3.68. The highest BCUT2D eigenvalue weighted by molar-refractivity contribution is 5.87. The molecule has 0 fully saturated rings. The second kappa shape index (κ2) is 5.77. The van der Waals surface area contributed by atoms with E-state index in [1.165, 1.54) is 12.1 Å². The summed E-state index contributed by atoms with van der Waals surface area (Å²) in [5, 5.41) is 8.74. The highest BCUT2D eigenvalue weighted by atomic mass is 16.5. The molecular weight excluding hydrogens is 232 g/mol. The van der Waals surface area contributed by atoms with Gasteiger partial charge in [0.05, 0.1) is 12.1 Å². The topological polar surface area (TPSA) is 63.5 Å². The Morgan fingerprint density at radius 1 is 1.22 bits per heavy atom. The van der Waals surface area contributed by atoms with Gasteiger partial charge in [0.2, 0.25) is 0 Å². The molecule has 0 aliphatic rings. The zero-order valence-corrected chi connectivity index (χ0v) is 9.74. The number of hydrogen-bond donors (Lipinski definition) is 2. The SMILES string of the molecule is O=C(O)c1ccc(OCCNn2cccc2)cc1. The van der Waals surface area contributed by atoms with Gasteiger partial charge in [-0.05, 0) is 36.4 Å². The minimum atomic E-state index is -0.934. The van der Waals surface area contributed by atoms with E-state index in [-0.39, 0.29) is 5.56 Å². The Hall–Kier alpha value is -2.43. The summed E-state index contributed by atoms with van der Waals surface area (Å²) in [6, 6.07) is 10.2. The van der Waals surface area contributed by atoms with Crippen LogP contribution in [0.4, 0.5) is 0 Å². The van der Waals surface area contributed by atoms with Crippen molar-refractivity contribution < 1.29 is 14.6 Å². The Morgan fingerprint density at radius 3 is 2.50 bits per heavy atom. The van der Waals surface area contributed by atoms with E-state index >= 15 is 0 Å². The van der Waals surface area contributed by atoms with Crippen LogP contribution in [-0.4, -0.2) is 28.9 Å². The Morgan fingerprint density at radius 2 is 1.89 bits per heavy atom. The summed E-state index contributed by atoms with van der Waals surface area (Å²) < 4.78 is 7.31. The van der Waals surface area contributed by atoms with E-state index in [0.29, 0.717) is 18.9 Å². The molecule has 18 heavy (non-hydrogen) atoms. The van der Waals surface area contributed by atoms with E-state index in [2.05, 4.69) is 5.43 Å². The van der Waals surface area contributed by atoms with Crippen molar-refractivity contribution in [3.63, 3.8) is 0 Å². The van der Waals surface area contributed by atoms with Crippen LogP contribution < -0.4 is 10.2 Å². The van der Waals surface area contributed by atoms with Gasteiger partial charge in [0.1, 0.15) is 12.4 Å². The molecule has 1 aromatic carbocycles. The summed E-state index contributed by atoms with van der Waals surface area (Å²) in [5.74, 6) is -0.273. The van der Waals surface area contributed by atoms with Crippen LogP contribution >= 0.6 is 0 Å². The summed E-state index contributed by atoms with van der Waals surface area (Å²) in [6.07, 6.45) is 3.81. The predicted molar refractivity (Wildman–Crippen MR) is 67.6 cm³/mol. The maximum absolute atomic E-state index is 10.7. The number of carboxylic acid groups (broad SMARTS) is 1. The predicted octanol–water partition coefficient (Wildman–Crippen LogP) is 1.81. The van der Waals surface area contributed by atoms with Crippen LogP contribution in [0.1, 0.15) is 10.4 Å². The largest absolute Gasteiger partial charge is 0.492 e. The standard InChI is InChI=1S/C13H14N2O3/c16-13(17)11-3-5-12(6-4-11)18-10-7-14-15-8-1-2-9-15/h1-6,8-9,14H,7,10H2,(H,16,17). The molecule has 5 nitrogen and oxygen atoms in total. The summed E-state index contributed by atoms with van der Waals surface area (Å²) in [4.78, 5) is 10.7. The number of aromatic nitrogens is 1. The number of nitrogens with zero attached hydrogens (tertiary/aromatic N) is 1. The molecule has 94 valence electrons. The Kier molecular flexibility index (Phi) is 3.86. The fourth-order valence-corrected chi connectivity index (χ4v) is 1.48. The van der Waals surface area contributed by atoms with E-state index in [1.807, 2.05) is 29.2 Å². The molecule has 0 spiro atoms. The summed E-state index contributed by atoms with van der Waals surface area (Å²) in [6.45, 7) is 1.17. The Labute approximate surface area is 105 Å². The molecule has 0 saturated heterocycles. The third-order valence-electron chi connectivity index (χ3n) is 2.37. The first-order chi connectivity index (χ1) is 8.75. The van der Waals surface area contributed by atoms with Crippen molar-refractivity contribution >= 4 is 5.97 Å².